The molecule has 0 N–H and O–H groups in total. The van der Waals surface area contributed by atoms with E-state index < -0.39 is 12.5 Å². The maximum Gasteiger partial charge on any atom is 0.270 e. The summed E-state index contributed by atoms with van der Waals surface area (Å²) in [6.07, 6.45) is -0.152. The number of hydrogen-bond donors (Lipinski definition) is 0. The smallest absolute Gasteiger partial charge is 0.270 e. The van der Waals surface area contributed by atoms with Crippen molar-refractivity contribution in [3.8, 4) is 0 Å². The summed E-state index contributed by atoms with van der Waals surface area (Å²) in [5, 5.41) is 0. The van der Waals surface area contributed by atoms with Gasteiger partial charge in [-0.3, -0.25) is 0 Å². The Morgan fingerprint density at radius 2 is 2.00 bits per heavy atom. The van der Waals surface area contributed by atoms with Gasteiger partial charge in [-0.2, -0.15) is 0 Å². The third-order valence-electron chi connectivity index (χ3n) is 0.873. The van der Waals surface area contributed by atoms with E-state index >= 15 is 0 Å². The van der Waals surface area contributed by atoms with Crippen molar-refractivity contribution in [2.45, 2.75) is 19.3 Å². The second-order valence-electron chi connectivity index (χ2n) is 1.64. The van der Waals surface area contributed by atoms with Crippen LogP contribution in [-0.2, 0) is 4.74 Å². The predicted octanol–water partition coefficient (Wildman–Crippen LogP) is 1.68. The van der Waals surface area contributed by atoms with Crippen LogP contribution in [0, 0.1) is 0 Å². The number of halogens is 2. The van der Waals surface area contributed by atoms with Crippen molar-refractivity contribution in [2.75, 3.05) is 13.7 Å². The molecule has 0 aliphatic heterocycles. The number of alkyl halides is 2. The molecular formula is C5H10F2O. The fourth-order valence-electron chi connectivity index (χ4n) is 0.313. The Morgan fingerprint density at radius 3 is 2.12 bits per heavy atom. The monoisotopic (exact) mass is 124 g/mol. The van der Waals surface area contributed by atoms with Crippen LogP contribution in [0.25, 0.3) is 0 Å². The molecule has 0 amide bonds. The molecule has 0 bridgehead atoms. The number of rotatable bonds is 3. The van der Waals surface area contributed by atoms with E-state index in [1.807, 2.05) is 0 Å². The lowest BCUT2D eigenvalue weighted by Crippen LogP contribution is -2.20. The van der Waals surface area contributed by atoms with Gasteiger partial charge >= 0.3 is 0 Å². The Kier molecular flexibility index (Phi) is 2.90. The van der Waals surface area contributed by atoms with E-state index in [0.29, 0.717) is 0 Å². The first-order valence-electron chi connectivity index (χ1n) is 2.49. The quantitative estimate of drug-likeness (QED) is 0.556. The number of hydrogen-bond acceptors (Lipinski definition) is 1. The van der Waals surface area contributed by atoms with Crippen molar-refractivity contribution in [3.63, 3.8) is 0 Å². The van der Waals surface area contributed by atoms with E-state index in [2.05, 4.69) is 4.74 Å². The van der Waals surface area contributed by atoms with Gasteiger partial charge in [0, 0.05) is 13.5 Å². The van der Waals surface area contributed by atoms with E-state index in [9.17, 15) is 8.78 Å². The standard InChI is InChI=1S/C5H10F2O/c1-3-5(6,7)4-8-2/h3-4H2,1-2H3. The Bertz CT molecular complexity index is 63.4. The molecule has 3 heteroatoms. The summed E-state index contributed by atoms with van der Waals surface area (Å²) in [6.45, 7) is 0.961. The average molecular weight is 124 g/mol. The molecular weight excluding hydrogens is 114 g/mol. The van der Waals surface area contributed by atoms with Crippen molar-refractivity contribution in [1.29, 1.82) is 0 Å². The van der Waals surface area contributed by atoms with Crippen LogP contribution in [-0.4, -0.2) is 19.6 Å². The second-order valence-corrected chi connectivity index (χ2v) is 1.64. The van der Waals surface area contributed by atoms with Gasteiger partial charge in [0.05, 0.1) is 0 Å². The van der Waals surface area contributed by atoms with Gasteiger partial charge in [-0.1, -0.05) is 6.92 Å². The summed E-state index contributed by atoms with van der Waals surface area (Å²) in [5.41, 5.74) is 0. The highest BCUT2D eigenvalue weighted by Gasteiger charge is 2.25. The van der Waals surface area contributed by atoms with Crippen LogP contribution < -0.4 is 0 Å². The summed E-state index contributed by atoms with van der Waals surface area (Å²) >= 11 is 0. The van der Waals surface area contributed by atoms with Crippen molar-refractivity contribution < 1.29 is 13.5 Å². The van der Waals surface area contributed by atoms with Gasteiger partial charge < -0.3 is 4.74 Å². The molecule has 0 aliphatic carbocycles. The average Bonchev–Trinajstić information content (AvgIpc) is 1.67. The lowest BCUT2D eigenvalue weighted by Gasteiger charge is -2.10. The lowest BCUT2D eigenvalue weighted by atomic mass is 10.3. The maximum absolute atomic E-state index is 12.0. The van der Waals surface area contributed by atoms with E-state index in [1.54, 1.807) is 0 Å². The van der Waals surface area contributed by atoms with Gasteiger partial charge in [0.15, 0.2) is 0 Å². The van der Waals surface area contributed by atoms with Crippen LogP contribution in [0.3, 0.4) is 0 Å². The fraction of sp³-hybridized carbons (Fsp3) is 1.00. The summed E-state index contributed by atoms with van der Waals surface area (Å²) in [5.74, 6) is -2.63. The predicted molar refractivity (Wildman–Crippen MR) is 27.1 cm³/mol. The van der Waals surface area contributed by atoms with Crippen LogP contribution in [0.15, 0.2) is 0 Å². The van der Waals surface area contributed by atoms with Gasteiger partial charge in [-0.25, -0.2) is 8.78 Å². The van der Waals surface area contributed by atoms with E-state index in [1.165, 1.54) is 14.0 Å². The summed E-state index contributed by atoms with van der Waals surface area (Å²) in [7, 11) is 1.27. The first-order valence-corrected chi connectivity index (χ1v) is 2.49. The molecule has 1 nitrogen and oxygen atoms in total. The van der Waals surface area contributed by atoms with Crippen LogP contribution >= 0.6 is 0 Å². The van der Waals surface area contributed by atoms with Crippen LogP contribution in [0.4, 0.5) is 8.78 Å². The molecule has 0 saturated heterocycles. The van der Waals surface area contributed by atoms with Crippen molar-refractivity contribution >= 4 is 0 Å². The lowest BCUT2D eigenvalue weighted by molar-refractivity contribution is -0.0661. The molecule has 0 aliphatic rings. The molecule has 0 aromatic carbocycles. The van der Waals surface area contributed by atoms with Gasteiger partial charge in [-0.15, -0.1) is 0 Å². The zero-order chi connectivity index (χ0) is 6.62. The highest BCUT2D eigenvalue weighted by Crippen LogP contribution is 2.16. The topological polar surface area (TPSA) is 9.23 Å². The second kappa shape index (κ2) is 2.97. The zero-order valence-corrected chi connectivity index (χ0v) is 5.08. The van der Waals surface area contributed by atoms with Gasteiger partial charge in [-0.05, 0) is 0 Å². The minimum Gasteiger partial charge on any atom is -0.378 e. The molecule has 0 spiro atoms. The third-order valence-corrected chi connectivity index (χ3v) is 0.873. The summed E-state index contributed by atoms with van der Waals surface area (Å²) in [6, 6.07) is 0. The maximum atomic E-state index is 12.0. The summed E-state index contributed by atoms with van der Waals surface area (Å²) in [4.78, 5) is 0. The molecule has 0 aromatic heterocycles. The third kappa shape index (κ3) is 2.91. The van der Waals surface area contributed by atoms with E-state index in [0.717, 1.165) is 0 Å². The van der Waals surface area contributed by atoms with Gasteiger partial charge in [0.1, 0.15) is 6.61 Å². The highest BCUT2D eigenvalue weighted by molar-refractivity contribution is 4.59. The minimum atomic E-state index is -2.63. The SMILES string of the molecule is CCC(F)(F)COC. The highest BCUT2D eigenvalue weighted by atomic mass is 19.3. The zero-order valence-electron chi connectivity index (χ0n) is 5.08. The summed E-state index contributed by atoms with van der Waals surface area (Å²) < 4.78 is 28.3. The molecule has 0 aromatic rings. The molecule has 50 valence electrons. The van der Waals surface area contributed by atoms with E-state index in [-0.39, 0.29) is 6.42 Å². The van der Waals surface area contributed by atoms with Crippen LogP contribution in [0.2, 0.25) is 0 Å². The Labute approximate surface area is 47.6 Å². The van der Waals surface area contributed by atoms with E-state index in [4.69, 9.17) is 0 Å². The fourth-order valence-corrected chi connectivity index (χ4v) is 0.313. The number of methoxy groups -OCH3 is 1. The van der Waals surface area contributed by atoms with Crippen molar-refractivity contribution in [1.82, 2.24) is 0 Å². The molecule has 0 heterocycles. The van der Waals surface area contributed by atoms with Crippen LogP contribution in [0.5, 0.6) is 0 Å². The molecule has 0 saturated carbocycles. The van der Waals surface area contributed by atoms with Gasteiger partial charge in [0.2, 0.25) is 0 Å². The molecule has 8 heavy (non-hydrogen) atoms. The Hall–Kier alpha value is -0.180. The van der Waals surface area contributed by atoms with Crippen LogP contribution in [0.1, 0.15) is 13.3 Å². The largest absolute Gasteiger partial charge is 0.378 e. The molecule has 0 atom stereocenters. The number of ether oxygens (including phenoxy) is 1. The molecule has 0 fully saturated rings. The molecule has 0 rings (SSSR count). The van der Waals surface area contributed by atoms with Gasteiger partial charge in [0.25, 0.3) is 5.92 Å². The Balaban J connectivity index is 3.37. The molecule has 0 unspecified atom stereocenters. The first kappa shape index (κ1) is 7.82. The van der Waals surface area contributed by atoms with Crippen molar-refractivity contribution in [2.24, 2.45) is 0 Å². The normalized spacial score (nSPS) is 12.0. The Morgan fingerprint density at radius 1 is 1.50 bits per heavy atom. The minimum absolute atomic E-state index is 0.152. The van der Waals surface area contributed by atoms with Crippen molar-refractivity contribution in [3.05, 3.63) is 0 Å². The first-order chi connectivity index (χ1) is 3.62. The molecule has 0 radical (unpaired) electrons.